The van der Waals surface area contributed by atoms with Gasteiger partial charge >= 0.3 is 0 Å². The van der Waals surface area contributed by atoms with Gasteiger partial charge in [0.1, 0.15) is 5.83 Å². The van der Waals surface area contributed by atoms with E-state index < -0.39 is 0 Å². The number of allylic oxidation sites excluding steroid dienone is 5. The molecule has 0 atom stereocenters. The molecular formula is C8H9ClFN. The van der Waals surface area contributed by atoms with E-state index in [1.807, 2.05) is 0 Å². The van der Waals surface area contributed by atoms with Gasteiger partial charge in [0.05, 0.1) is 5.03 Å². The van der Waals surface area contributed by atoms with Crippen LogP contribution in [-0.2, 0) is 0 Å². The quantitative estimate of drug-likeness (QED) is 0.643. The Morgan fingerprint density at radius 2 is 2.27 bits per heavy atom. The maximum absolute atomic E-state index is 12.7. The monoisotopic (exact) mass is 173 g/mol. The molecule has 0 aromatic heterocycles. The van der Waals surface area contributed by atoms with Gasteiger partial charge in [-0.05, 0) is 12.2 Å². The lowest BCUT2D eigenvalue weighted by Gasteiger charge is -1.98. The molecule has 11 heavy (non-hydrogen) atoms. The van der Waals surface area contributed by atoms with Crippen LogP contribution in [0.25, 0.3) is 0 Å². The lowest BCUT2D eigenvalue weighted by Crippen LogP contribution is -2.03. The molecule has 0 aromatic carbocycles. The Hall–Kier alpha value is -0.760. The van der Waals surface area contributed by atoms with E-state index in [1.54, 1.807) is 19.2 Å². The predicted molar refractivity (Wildman–Crippen MR) is 44.9 cm³/mol. The standard InChI is InChI=1S/C8H9ClFN/c1-11-6-2-4-7(9)8(10)5-3-6/h3-5,11H,2H2,1H3. The highest BCUT2D eigenvalue weighted by Gasteiger charge is 2.03. The SMILES string of the molecule is CNC1=CC=C(F)C(Cl)=CC1. The van der Waals surface area contributed by atoms with Gasteiger partial charge in [-0.3, -0.25) is 0 Å². The summed E-state index contributed by atoms with van der Waals surface area (Å²) in [5.41, 5.74) is 0.954. The van der Waals surface area contributed by atoms with Crippen molar-refractivity contribution in [1.29, 1.82) is 0 Å². The van der Waals surface area contributed by atoms with Crippen LogP contribution in [0.5, 0.6) is 0 Å². The van der Waals surface area contributed by atoms with Crippen LogP contribution in [0, 0.1) is 0 Å². The van der Waals surface area contributed by atoms with E-state index >= 15 is 0 Å². The molecule has 0 radical (unpaired) electrons. The van der Waals surface area contributed by atoms with Crippen molar-refractivity contribution >= 4 is 11.6 Å². The number of halogens is 2. The van der Waals surface area contributed by atoms with Crippen LogP contribution in [0.1, 0.15) is 6.42 Å². The van der Waals surface area contributed by atoms with Gasteiger partial charge in [0, 0.05) is 19.2 Å². The van der Waals surface area contributed by atoms with E-state index in [4.69, 9.17) is 11.6 Å². The average molecular weight is 174 g/mol. The van der Waals surface area contributed by atoms with Gasteiger partial charge in [-0.25, -0.2) is 4.39 Å². The minimum Gasteiger partial charge on any atom is -0.391 e. The number of hydrogen-bond acceptors (Lipinski definition) is 1. The fourth-order valence-electron chi connectivity index (χ4n) is 0.804. The fourth-order valence-corrected chi connectivity index (χ4v) is 0.944. The molecule has 0 aromatic rings. The Labute approximate surface area is 70.2 Å². The molecule has 1 nitrogen and oxygen atoms in total. The van der Waals surface area contributed by atoms with Crippen molar-refractivity contribution in [1.82, 2.24) is 5.32 Å². The maximum atomic E-state index is 12.7. The summed E-state index contributed by atoms with van der Waals surface area (Å²) in [7, 11) is 1.80. The van der Waals surface area contributed by atoms with Gasteiger partial charge in [0.25, 0.3) is 0 Å². The van der Waals surface area contributed by atoms with Crippen molar-refractivity contribution in [2.24, 2.45) is 0 Å². The van der Waals surface area contributed by atoms with Crippen LogP contribution < -0.4 is 5.32 Å². The van der Waals surface area contributed by atoms with E-state index in [9.17, 15) is 4.39 Å². The molecule has 0 unspecified atom stereocenters. The Kier molecular flexibility index (Phi) is 2.71. The molecule has 0 saturated heterocycles. The zero-order valence-corrected chi connectivity index (χ0v) is 6.95. The average Bonchev–Trinajstić information content (AvgIpc) is 2.16. The molecule has 0 amide bonds. The molecule has 0 aliphatic heterocycles. The Balaban J connectivity index is 2.84. The Morgan fingerprint density at radius 3 is 2.91 bits per heavy atom. The molecule has 60 valence electrons. The van der Waals surface area contributed by atoms with E-state index in [2.05, 4.69) is 5.32 Å². The minimum atomic E-state index is -0.378. The highest BCUT2D eigenvalue weighted by atomic mass is 35.5. The summed E-state index contributed by atoms with van der Waals surface area (Å²) in [6, 6.07) is 0. The van der Waals surface area contributed by atoms with Crippen molar-refractivity contribution in [3.05, 3.63) is 34.8 Å². The largest absolute Gasteiger partial charge is 0.391 e. The summed E-state index contributed by atoms with van der Waals surface area (Å²) in [5.74, 6) is -0.378. The summed E-state index contributed by atoms with van der Waals surface area (Å²) in [5, 5.41) is 3.12. The molecule has 0 heterocycles. The Bertz CT molecular complexity index is 240. The molecular weight excluding hydrogens is 165 g/mol. The Morgan fingerprint density at radius 1 is 1.55 bits per heavy atom. The molecule has 1 aliphatic carbocycles. The summed E-state index contributed by atoms with van der Waals surface area (Å²) < 4.78 is 12.7. The lowest BCUT2D eigenvalue weighted by molar-refractivity contribution is 0.662. The molecule has 0 fully saturated rings. The lowest BCUT2D eigenvalue weighted by atomic mass is 10.3. The molecule has 1 aliphatic rings. The zero-order chi connectivity index (χ0) is 8.27. The van der Waals surface area contributed by atoms with E-state index in [1.165, 1.54) is 6.08 Å². The first-order chi connectivity index (χ1) is 5.24. The minimum absolute atomic E-state index is 0.187. The normalized spacial score (nSPS) is 17.9. The molecule has 0 spiro atoms. The van der Waals surface area contributed by atoms with Gasteiger partial charge < -0.3 is 5.32 Å². The molecule has 3 heteroatoms. The van der Waals surface area contributed by atoms with Crippen LogP contribution >= 0.6 is 11.6 Å². The fraction of sp³-hybridized carbons (Fsp3) is 0.250. The third-order valence-corrected chi connectivity index (χ3v) is 1.82. The smallest absolute Gasteiger partial charge is 0.141 e. The van der Waals surface area contributed by atoms with Crippen molar-refractivity contribution in [3.63, 3.8) is 0 Å². The zero-order valence-electron chi connectivity index (χ0n) is 6.20. The predicted octanol–water partition coefficient (Wildman–Crippen LogP) is 2.47. The number of hydrogen-bond donors (Lipinski definition) is 1. The van der Waals surface area contributed by atoms with Gasteiger partial charge in [-0.15, -0.1) is 0 Å². The van der Waals surface area contributed by atoms with Crippen LogP contribution in [0.2, 0.25) is 0 Å². The van der Waals surface area contributed by atoms with E-state index in [0.29, 0.717) is 6.42 Å². The van der Waals surface area contributed by atoms with Crippen molar-refractivity contribution < 1.29 is 4.39 Å². The summed E-state index contributed by atoms with van der Waals surface area (Å²) in [6.45, 7) is 0. The number of rotatable bonds is 1. The van der Waals surface area contributed by atoms with Gasteiger partial charge in [0.2, 0.25) is 0 Å². The van der Waals surface area contributed by atoms with Gasteiger partial charge in [-0.2, -0.15) is 0 Å². The van der Waals surface area contributed by atoms with Gasteiger partial charge in [-0.1, -0.05) is 17.7 Å². The summed E-state index contributed by atoms with van der Waals surface area (Å²) in [4.78, 5) is 0. The van der Waals surface area contributed by atoms with Crippen molar-refractivity contribution in [2.45, 2.75) is 6.42 Å². The second-order valence-electron chi connectivity index (χ2n) is 2.21. The van der Waals surface area contributed by atoms with E-state index in [0.717, 1.165) is 5.70 Å². The van der Waals surface area contributed by atoms with Crippen LogP contribution in [0.15, 0.2) is 34.8 Å². The first-order valence-corrected chi connectivity index (χ1v) is 3.72. The second kappa shape index (κ2) is 3.58. The summed E-state index contributed by atoms with van der Waals surface area (Å²) in [6.07, 6.45) is 5.33. The van der Waals surface area contributed by atoms with Crippen molar-refractivity contribution in [2.75, 3.05) is 7.05 Å². The topological polar surface area (TPSA) is 12.0 Å². The molecule has 1 N–H and O–H groups in total. The van der Waals surface area contributed by atoms with Crippen LogP contribution in [-0.4, -0.2) is 7.05 Å². The third-order valence-electron chi connectivity index (χ3n) is 1.48. The van der Waals surface area contributed by atoms with Gasteiger partial charge in [0.15, 0.2) is 0 Å². The molecule has 1 rings (SSSR count). The maximum Gasteiger partial charge on any atom is 0.141 e. The first-order valence-electron chi connectivity index (χ1n) is 3.34. The third kappa shape index (κ3) is 2.09. The molecule has 0 bridgehead atoms. The van der Waals surface area contributed by atoms with Crippen LogP contribution in [0.4, 0.5) is 4.39 Å². The molecule has 0 saturated carbocycles. The van der Waals surface area contributed by atoms with Crippen LogP contribution in [0.3, 0.4) is 0 Å². The number of nitrogens with one attached hydrogen (secondary N) is 1. The highest BCUT2D eigenvalue weighted by Crippen LogP contribution is 2.20. The summed E-state index contributed by atoms with van der Waals surface area (Å²) >= 11 is 5.55. The highest BCUT2D eigenvalue weighted by molar-refractivity contribution is 6.31. The van der Waals surface area contributed by atoms with E-state index in [-0.39, 0.29) is 10.9 Å². The first kappa shape index (κ1) is 8.34. The second-order valence-corrected chi connectivity index (χ2v) is 2.62. The van der Waals surface area contributed by atoms with Crippen molar-refractivity contribution in [3.8, 4) is 0 Å².